The first-order valence-electron chi connectivity index (χ1n) is 5.46. The number of nitrogens with zero attached hydrogens (tertiary/aromatic N) is 1. The van der Waals surface area contributed by atoms with Gasteiger partial charge in [0.2, 0.25) is 5.91 Å². The average Bonchev–Trinajstić information content (AvgIpc) is 2.31. The van der Waals surface area contributed by atoms with Crippen LogP contribution in [0.1, 0.15) is 5.56 Å². The van der Waals surface area contributed by atoms with Crippen LogP contribution in [-0.2, 0) is 11.3 Å². The summed E-state index contributed by atoms with van der Waals surface area (Å²) in [5, 5.41) is 4.55. The van der Waals surface area contributed by atoms with Crippen LogP contribution >= 0.6 is 15.9 Å². The van der Waals surface area contributed by atoms with Crippen molar-refractivity contribution in [3.05, 3.63) is 34.3 Å². The van der Waals surface area contributed by atoms with Gasteiger partial charge < -0.3 is 5.32 Å². The summed E-state index contributed by atoms with van der Waals surface area (Å²) in [7, 11) is 3.29. The molecule has 0 heterocycles. The Morgan fingerprint density at radius 2 is 2.00 bits per heavy atom. The molecule has 1 aromatic carbocycles. The number of imide groups is 1. The third-order valence-electron chi connectivity index (χ3n) is 2.29. The van der Waals surface area contributed by atoms with Crippen LogP contribution in [0.5, 0.6) is 0 Å². The lowest BCUT2D eigenvalue weighted by Gasteiger charge is -2.16. The largest absolute Gasteiger partial charge is 0.341 e. The average molecular weight is 314 g/mol. The number of urea groups is 1. The number of amides is 3. The van der Waals surface area contributed by atoms with E-state index < -0.39 is 6.03 Å². The molecule has 0 unspecified atom stereocenters. The molecule has 0 aliphatic heterocycles. The lowest BCUT2D eigenvalue weighted by atomic mass is 10.2. The zero-order chi connectivity index (χ0) is 13.5. The fourth-order valence-electron chi connectivity index (χ4n) is 1.45. The summed E-state index contributed by atoms with van der Waals surface area (Å²) >= 11 is 3.45. The number of halogens is 1. The van der Waals surface area contributed by atoms with E-state index >= 15 is 0 Å². The Morgan fingerprint density at radius 3 is 2.61 bits per heavy atom. The molecule has 0 aromatic heterocycles. The summed E-state index contributed by atoms with van der Waals surface area (Å²) < 4.78 is 1.00. The standard InChI is InChI=1S/C12H16BrN3O2/c1-14-12(18)15-11(17)8-16(2)7-9-5-3-4-6-10(9)13/h3-6H,7-8H2,1-2H3,(H2,14,15,17,18). The van der Waals surface area contributed by atoms with Crippen LogP contribution in [-0.4, -0.2) is 37.5 Å². The van der Waals surface area contributed by atoms with Crippen molar-refractivity contribution >= 4 is 27.9 Å². The van der Waals surface area contributed by atoms with Gasteiger partial charge in [-0.2, -0.15) is 0 Å². The first-order valence-corrected chi connectivity index (χ1v) is 6.25. The minimum atomic E-state index is -0.491. The van der Waals surface area contributed by atoms with E-state index in [1.807, 2.05) is 36.2 Å². The quantitative estimate of drug-likeness (QED) is 0.881. The molecule has 0 fully saturated rings. The normalized spacial score (nSPS) is 10.2. The summed E-state index contributed by atoms with van der Waals surface area (Å²) in [6.07, 6.45) is 0. The van der Waals surface area contributed by atoms with E-state index in [2.05, 4.69) is 26.6 Å². The molecule has 2 N–H and O–H groups in total. The molecule has 98 valence electrons. The molecule has 0 aliphatic rings. The third-order valence-corrected chi connectivity index (χ3v) is 3.07. The van der Waals surface area contributed by atoms with Crippen LogP contribution in [0.4, 0.5) is 4.79 Å². The lowest BCUT2D eigenvalue weighted by molar-refractivity contribution is -0.120. The SMILES string of the molecule is CNC(=O)NC(=O)CN(C)Cc1ccccc1Br. The molecule has 0 saturated carbocycles. The maximum atomic E-state index is 11.5. The summed E-state index contributed by atoms with van der Waals surface area (Å²) in [5.74, 6) is -0.330. The van der Waals surface area contributed by atoms with Crippen LogP contribution in [0.3, 0.4) is 0 Å². The highest BCUT2D eigenvalue weighted by Gasteiger charge is 2.10. The number of hydrogen-bond donors (Lipinski definition) is 2. The first-order chi connectivity index (χ1) is 8.52. The van der Waals surface area contributed by atoms with Gasteiger partial charge in [-0.1, -0.05) is 34.1 Å². The molecule has 0 saturated heterocycles. The van der Waals surface area contributed by atoms with Gasteiger partial charge in [0.05, 0.1) is 6.54 Å². The molecule has 0 aliphatic carbocycles. The molecular weight excluding hydrogens is 298 g/mol. The van der Waals surface area contributed by atoms with E-state index in [0.717, 1.165) is 10.0 Å². The molecule has 1 rings (SSSR count). The van der Waals surface area contributed by atoms with Crippen molar-refractivity contribution in [3.8, 4) is 0 Å². The highest BCUT2D eigenvalue weighted by atomic mass is 79.9. The van der Waals surface area contributed by atoms with Gasteiger partial charge in [-0.25, -0.2) is 4.79 Å². The van der Waals surface area contributed by atoms with Gasteiger partial charge in [0.15, 0.2) is 0 Å². The van der Waals surface area contributed by atoms with Crippen LogP contribution in [0, 0.1) is 0 Å². The number of carbonyl (C=O) groups is 2. The second-order valence-corrected chi connectivity index (χ2v) is 4.75. The lowest BCUT2D eigenvalue weighted by Crippen LogP contribution is -2.42. The minimum Gasteiger partial charge on any atom is -0.341 e. The van der Waals surface area contributed by atoms with E-state index in [0.29, 0.717) is 6.54 Å². The Labute approximate surface area is 115 Å². The monoisotopic (exact) mass is 313 g/mol. The van der Waals surface area contributed by atoms with Gasteiger partial charge in [-0.3, -0.25) is 15.0 Å². The fourth-order valence-corrected chi connectivity index (χ4v) is 1.86. The molecule has 0 spiro atoms. The molecule has 0 radical (unpaired) electrons. The maximum Gasteiger partial charge on any atom is 0.321 e. The Hall–Kier alpha value is -1.40. The third kappa shape index (κ3) is 4.85. The Kier molecular flexibility index (Phi) is 5.80. The number of nitrogens with one attached hydrogen (secondary N) is 2. The van der Waals surface area contributed by atoms with Crippen molar-refractivity contribution in [1.82, 2.24) is 15.5 Å². The topological polar surface area (TPSA) is 61.4 Å². The zero-order valence-electron chi connectivity index (χ0n) is 10.4. The Bertz CT molecular complexity index is 437. The molecule has 3 amide bonds. The second kappa shape index (κ2) is 7.13. The molecule has 5 nitrogen and oxygen atoms in total. The summed E-state index contributed by atoms with van der Waals surface area (Å²) in [6.45, 7) is 0.789. The van der Waals surface area contributed by atoms with Crippen molar-refractivity contribution in [2.45, 2.75) is 6.54 Å². The van der Waals surface area contributed by atoms with Crippen molar-refractivity contribution < 1.29 is 9.59 Å². The number of rotatable bonds is 4. The minimum absolute atomic E-state index is 0.161. The van der Waals surface area contributed by atoms with Crippen LogP contribution in [0.2, 0.25) is 0 Å². The van der Waals surface area contributed by atoms with Crippen LogP contribution in [0.25, 0.3) is 0 Å². The van der Waals surface area contributed by atoms with Crippen molar-refractivity contribution in [2.24, 2.45) is 0 Å². The molecular formula is C12H16BrN3O2. The number of benzene rings is 1. The van der Waals surface area contributed by atoms with Gasteiger partial charge in [0.25, 0.3) is 0 Å². The highest BCUT2D eigenvalue weighted by Crippen LogP contribution is 2.16. The van der Waals surface area contributed by atoms with Gasteiger partial charge in [-0.05, 0) is 18.7 Å². The highest BCUT2D eigenvalue weighted by molar-refractivity contribution is 9.10. The van der Waals surface area contributed by atoms with Gasteiger partial charge in [-0.15, -0.1) is 0 Å². The molecule has 18 heavy (non-hydrogen) atoms. The van der Waals surface area contributed by atoms with Gasteiger partial charge >= 0.3 is 6.03 Å². The van der Waals surface area contributed by atoms with Crippen LogP contribution < -0.4 is 10.6 Å². The summed E-state index contributed by atoms with van der Waals surface area (Å²) in [6, 6.07) is 7.32. The number of likely N-dealkylation sites (N-methyl/N-ethyl adjacent to an activating group) is 1. The first kappa shape index (κ1) is 14.7. The Morgan fingerprint density at radius 1 is 1.33 bits per heavy atom. The van der Waals surface area contributed by atoms with E-state index in [4.69, 9.17) is 0 Å². The second-order valence-electron chi connectivity index (χ2n) is 3.89. The fraction of sp³-hybridized carbons (Fsp3) is 0.333. The Balaban J connectivity index is 2.47. The van der Waals surface area contributed by atoms with Crippen molar-refractivity contribution in [2.75, 3.05) is 20.6 Å². The predicted molar refractivity (Wildman–Crippen MR) is 73.1 cm³/mol. The number of hydrogen-bond acceptors (Lipinski definition) is 3. The summed E-state index contributed by atoms with van der Waals surface area (Å²) in [5.41, 5.74) is 1.09. The van der Waals surface area contributed by atoms with Gasteiger partial charge in [0.1, 0.15) is 0 Å². The van der Waals surface area contributed by atoms with E-state index in [1.54, 1.807) is 0 Å². The van der Waals surface area contributed by atoms with Crippen LogP contribution in [0.15, 0.2) is 28.7 Å². The maximum absolute atomic E-state index is 11.5. The van der Waals surface area contributed by atoms with Crippen molar-refractivity contribution in [1.29, 1.82) is 0 Å². The molecule has 6 heteroatoms. The zero-order valence-corrected chi connectivity index (χ0v) is 12.0. The molecule has 0 atom stereocenters. The molecule has 1 aromatic rings. The van der Waals surface area contributed by atoms with Gasteiger partial charge in [0, 0.05) is 18.1 Å². The van der Waals surface area contributed by atoms with Crippen molar-refractivity contribution in [3.63, 3.8) is 0 Å². The van der Waals surface area contributed by atoms with E-state index in [9.17, 15) is 9.59 Å². The molecule has 0 bridgehead atoms. The number of carbonyl (C=O) groups excluding carboxylic acids is 2. The smallest absolute Gasteiger partial charge is 0.321 e. The van der Waals surface area contributed by atoms with E-state index in [-0.39, 0.29) is 12.5 Å². The summed E-state index contributed by atoms with van der Waals surface area (Å²) in [4.78, 5) is 24.3. The predicted octanol–water partition coefficient (Wildman–Crippen LogP) is 1.34. The van der Waals surface area contributed by atoms with E-state index in [1.165, 1.54) is 7.05 Å².